The maximum Gasteiger partial charge on any atom is 0.304 e. The average Bonchev–Trinajstić information content (AvgIpc) is 2.79. The molecule has 0 aromatic heterocycles. The fourth-order valence-corrected chi connectivity index (χ4v) is 6.11. The van der Waals surface area contributed by atoms with Crippen molar-refractivity contribution in [3.63, 3.8) is 0 Å². The summed E-state index contributed by atoms with van der Waals surface area (Å²) in [6.45, 7) is 6.99. The van der Waals surface area contributed by atoms with E-state index in [2.05, 4.69) is 26.1 Å². The fourth-order valence-electron chi connectivity index (χ4n) is 4.78. The largest absolute Gasteiger partial charge is 0.391 e. The Morgan fingerprint density at radius 2 is 2.00 bits per heavy atom. The van der Waals surface area contributed by atoms with Gasteiger partial charge < -0.3 is 10.4 Å². The number of halogens is 1. The van der Waals surface area contributed by atoms with Gasteiger partial charge in [0, 0.05) is 6.04 Å². The van der Waals surface area contributed by atoms with Crippen molar-refractivity contribution in [2.45, 2.75) is 77.2 Å². The van der Waals surface area contributed by atoms with E-state index in [0.29, 0.717) is 12.8 Å². The van der Waals surface area contributed by atoms with Crippen LogP contribution in [0.25, 0.3) is 0 Å². The van der Waals surface area contributed by atoms with Crippen LogP contribution in [0.3, 0.4) is 0 Å². The highest BCUT2D eigenvalue weighted by Gasteiger charge is 2.53. The van der Waals surface area contributed by atoms with Crippen LogP contribution in [0, 0.1) is 17.3 Å². The molecule has 6 atom stereocenters. The number of nitrogens with zero attached hydrogens (tertiary/aromatic N) is 1. The number of hydrogen-bond acceptors (Lipinski definition) is 5. The predicted octanol–water partition coefficient (Wildman–Crippen LogP) is 0.945. The summed E-state index contributed by atoms with van der Waals surface area (Å²) in [5.74, 6) is -0.923. The van der Waals surface area contributed by atoms with Gasteiger partial charge in [0.05, 0.1) is 18.7 Å². The number of fused-ring (bicyclic) bond motifs is 1. The Morgan fingerprint density at radius 3 is 2.59 bits per heavy atom. The molecule has 9 heteroatoms. The summed E-state index contributed by atoms with van der Waals surface area (Å²) in [4.78, 5) is 11.5. The molecule has 3 fully saturated rings. The second-order valence-corrected chi connectivity index (χ2v) is 11.1. The van der Waals surface area contributed by atoms with Crippen molar-refractivity contribution in [1.29, 1.82) is 0 Å². The van der Waals surface area contributed by atoms with Gasteiger partial charge in [-0.25, -0.2) is 9.11 Å². The van der Waals surface area contributed by atoms with Gasteiger partial charge in [0.2, 0.25) is 5.91 Å². The first kappa shape index (κ1) is 21.0. The second kappa shape index (κ2) is 7.57. The van der Waals surface area contributed by atoms with Gasteiger partial charge in [0.25, 0.3) is 0 Å². The lowest BCUT2D eigenvalue weighted by Gasteiger charge is -2.48. The SMILES string of the molecule is CC(C)(C)CCNC1CCC2CC(O)C(N3CC(=O)NS3(=O)=O)C(F)C2C1. The minimum absolute atomic E-state index is 0.0564. The lowest BCUT2D eigenvalue weighted by molar-refractivity contribution is -0.119. The van der Waals surface area contributed by atoms with E-state index in [9.17, 15) is 18.3 Å². The monoisotopic (exact) mass is 405 g/mol. The maximum atomic E-state index is 15.4. The number of aliphatic hydroxyl groups is 1. The Labute approximate surface area is 161 Å². The van der Waals surface area contributed by atoms with Gasteiger partial charge >= 0.3 is 10.2 Å². The lowest BCUT2D eigenvalue weighted by Crippen LogP contribution is -2.59. The molecule has 27 heavy (non-hydrogen) atoms. The standard InChI is InChI=1S/C18H32FN3O4S/c1-18(2,3)6-7-20-12-5-4-11-8-14(23)17(16(19)13(11)9-12)22-10-15(24)21-27(22,25)26/h11-14,16-17,20,23H,4-10H2,1-3H3,(H,21,24). The molecule has 3 N–H and O–H groups in total. The molecule has 156 valence electrons. The number of hydrogen-bond donors (Lipinski definition) is 3. The average molecular weight is 406 g/mol. The van der Waals surface area contributed by atoms with E-state index in [-0.39, 0.29) is 23.3 Å². The van der Waals surface area contributed by atoms with Gasteiger partial charge in [0.1, 0.15) is 6.17 Å². The predicted molar refractivity (Wildman–Crippen MR) is 99.8 cm³/mol. The highest BCUT2D eigenvalue weighted by Crippen LogP contribution is 2.44. The number of carbonyl (C=O) groups is 1. The minimum Gasteiger partial charge on any atom is -0.391 e. The van der Waals surface area contributed by atoms with Gasteiger partial charge in [-0.15, -0.1) is 0 Å². The maximum absolute atomic E-state index is 15.4. The van der Waals surface area contributed by atoms with Gasteiger partial charge in [-0.05, 0) is 55.9 Å². The van der Waals surface area contributed by atoms with Crippen LogP contribution in [-0.4, -0.2) is 61.2 Å². The zero-order valence-electron chi connectivity index (χ0n) is 16.3. The summed E-state index contributed by atoms with van der Waals surface area (Å²) in [6, 6.07) is -0.985. The van der Waals surface area contributed by atoms with Crippen molar-refractivity contribution in [2.24, 2.45) is 17.3 Å². The lowest BCUT2D eigenvalue weighted by atomic mass is 9.66. The second-order valence-electron chi connectivity index (χ2n) is 9.51. The van der Waals surface area contributed by atoms with Crippen LogP contribution in [0.4, 0.5) is 4.39 Å². The third kappa shape index (κ3) is 4.63. The topological polar surface area (TPSA) is 98.7 Å². The van der Waals surface area contributed by atoms with Crippen molar-refractivity contribution >= 4 is 16.1 Å². The van der Waals surface area contributed by atoms with E-state index < -0.39 is 41.0 Å². The quantitative estimate of drug-likeness (QED) is 0.647. The highest BCUT2D eigenvalue weighted by molar-refractivity contribution is 7.88. The Bertz CT molecular complexity index is 666. The summed E-state index contributed by atoms with van der Waals surface area (Å²) < 4.78 is 42.4. The molecule has 0 bridgehead atoms. The summed E-state index contributed by atoms with van der Waals surface area (Å²) in [6.07, 6.45) is 1.24. The molecule has 0 spiro atoms. The smallest absolute Gasteiger partial charge is 0.304 e. The van der Waals surface area contributed by atoms with Gasteiger partial charge in [0.15, 0.2) is 0 Å². The first-order chi connectivity index (χ1) is 12.5. The number of aliphatic hydroxyl groups excluding tert-OH is 1. The molecular formula is C18H32FN3O4S. The van der Waals surface area contributed by atoms with Crippen LogP contribution in [0.15, 0.2) is 0 Å². The first-order valence-electron chi connectivity index (χ1n) is 9.86. The van der Waals surface area contributed by atoms with E-state index in [1.807, 2.05) is 4.72 Å². The molecular weight excluding hydrogens is 373 g/mol. The molecule has 2 saturated carbocycles. The van der Waals surface area contributed by atoms with Gasteiger partial charge in [-0.1, -0.05) is 20.8 Å². The fraction of sp³-hybridized carbons (Fsp3) is 0.944. The van der Waals surface area contributed by atoms with Gasteiger partial charge in [-0.3, -0.25) is 4.79 Å². The van der Waals surface area contributed by atoms with Crippen molar-refractivity contribution in [3.8, 4) is 0 Å². The Hall–Kier alpha value is -0.770. The molecule has 0 aromatic rings. The molecule has 1 amide bonds. The molecule has 1 heterocycles. The number of rotatable bonds is 4. The van der Waals surface area contributed by atoms with E-state index in [4.69, 9.17) is 0 Å². The highest BCUT2D eigenvalue weighted by atomic mass is 32.2. The van der Waals surface area contributed by atoms with Crippen LogP contribution < -0.4 is 10.0 Å². The molecule has 3 aliphatic rings. The van der Waals surface area contributed by atoms with E-state index in [1.54, 1.807) is 0 Å². The van der Waals surface area contributed by atoms with Crippen LogP contribution in [-0.2, 0) is 15.0 Å². The molecule has 2 aliphatic carbocycles. The van der Waals surface area contributed by atoms with Crippen LogP contribution in [0.2, 0.25) is 0 Å². The van der Waals surface area contributed by atoms with E-state index in [1.165, 1.54) is 0 Å². The van der Waals surface area contributed by atoms with E-state index in [0.717, 1.165) is 30.1 Å². The third-order valence-electron chi connectivity index (χ3n) is 6.21. The Morgan fingerprint density at radius 1 is 1.30 bits per heavy atom. The molecule has 3 rings (SSSR count). The molecule has 6 unspecified atom stereocenters. The third-order valence-corrected chi connectivity index (χ3v) is 7.69. The number of amides is 1. The zero-order valence-corrected chi connectivity index (χ0v) is 17.1. The molecule has 7 nitrogen and oxygen atoms in total. The van der Waals surface area contributed by atoms with Crippen LogP contribution in [0.1, 0.15) is 52.9 Å². The summed E-state index contributed by atoms with van der Waals surface area (Å²) in [7, 11) is -4.07. The van der Waals surface area contributed by atoms with E-state index >= 15 is 4.39 Å². The van der Waals surface area contributed by atoms with Crippen molar-refractivity contribution in [3.05, 3.63) is 0 Å². The van der Waals surface area contributed by atoms with Crippen molar-refractivity contribution in [2.75, 3.05) is 13.1 Å². The zero-order chi connectivity index (χ0) is 20.0. The van der Waals surface area contributed by atoms with Crippen LogP contribution in [0.5, 0.6) is 0 Å². The summed E-state index contributed by atoms with van der Waals surface area (Å²) in [5, 5.41) is 14.0. The molecule has 1 saturated heterocycles. The number of nitrogens with one attached hydrogen (secondary N) is 2. The Balaban J connectivity index is 1.67. The van der Waals surface area contributed by atoms with Gasteiger partial charge in [-0.2, -0.15) is 12.7 Å². The van der Waals surface area contributed by atoms with Crippen molar-refractivity contribution in [1.82, 2.24) is 14.3 Å². The molecule has 0 radical (unpaired) electrons. The number of carbonyl (C=O) groups excluding carboxylic acids is 1. The molecule has 1 aliphatic heterocycles. The minimum atomic E-state index is -4.07. The number of alkyl halides is 1. The molecule has 0 aromatic carbocycles. The first-order valence-corrected chi connectivity index (χ1v) is 11.3. The summed E-state index contributed by atoms with van der Waals surface area (Å²) >= 11 is 0. The van der Waals surface area contributed by atoms with Crippen LogP contribution >= 0.6 is 0 Å². The van der Waals surface area contributed by atoms with Crippen molar-refractivity contribution < 1.29 is 22.7 Å². The normalized spacial score (nSPS) is 39.8. The summed E-state index contributed by atoms with van der Waals surface area (Å²) in [5.41, 5.74) is 0.233. The Kier molecular flexibility index (Phi) is 5.88.